The summed E-state index contributed by atoms with van der Waals surface area (Å²) in [6.07, 6.45) is 0. The molecule has 0 saturated heterocycles. The topological polar surface area (TPSA) is 73.6 Å². The number of aliphatic imine (C=N–C) groups is 1. The summed E-state index contributed by atoms with van der Waals surface area (Å²) in [5.41, 5.74) is 14.5. The van der Waals surface area contributed by atoms with Crippen molar-refractivity contribution in [1.29, 1.82) is 0 Å². The van der Waals surface area contributed by atoms with Gasteiger partial charge in [-0.25, -0.2) is 4.99 Å². The van der Waals surface area contributed by atoms with Crippen LogP contribution in [0.5, 0.6) is 5.75 Å². The van der Waals surface area contributed by atoms with Crippen molar-refractivity contribution in [3.8, 4) is 5.75 Å². The molecule has 0 spiro atoms. The first-order chi connectivity index (χ1) is 10.6. The van der Waals surface area contributed by atoms with Gasteiger partial charge in [-0.05, 0) is 42.7 Å². The SMILES string of the molecule is CC(N)=N/C(N)=C(\C)c1cccc(OCc2ccccc2)c1. The fourth-order valence-electron chi connectivity index (χ4n) is 1.98. The predicted octanol–water partition coefficient (Wildman–Crippen LogP) is 3.29. The van der Waals surface area contributed by atoms with Crippen LogP contribution in [0.2, 0.25) is 0 Å². The molecule has 0 atom stereocenters. The number of hydrogen-bond acceptors (Lipinski definition) is 3. The monoisotopic (exact) mass is 295 g/mol. The molecule has 0 unspecified atom stereocenters. The van der Waals surface area contributed by atoms with Crippen LogP contribution in [-0.2, 0) is 6.61 Å². The smallest absolute Gasteiger partial charge is 0.128 e. The second-order valence-corrected chi connectivity index (χ2v) is 5.07. The van der Waals surface area contributed by atoms with Crippen LogP contribution < -0.4 is 16.2 Å². The van der Waals surface area contributed by atoms with Gasteiger partial charge in [-0.3, -0.25) is 0 Å². The summed E-state index contributed by atoms with van der Waals surface area (Å²) in [4.78, 5) is 4.09. The highest BCUT2D eigenvalue weighted by Crippen LogP contribution is 2.22. The molecule has 0 fully saturated rings. The van der Waals surface area contributed by atoms with Crippen molar-refractivity contribution in [3.63, 3.8) is 0 Å². The lowest BCUT2D eigenvalue weighted by Crippen LogP contribution is -2.09. The van der Waals surface area contributed by atoms with Crippen LogP contribution in [0.15, 0.2) is 65.4 Å². The Balaban J connectivity index is 2.15. The Bertz CT molecular complexity index is 686. The summed E-state index contributed by atoms with van der Waals surface area (Å²) in [6, 6.07) is 17.8. The molecule has 2 aromatic carbocycles. The predicted molar refractivity (Wildman–Crippen MR) is 91.3 cm³/mol. The first-order valence-electron chi connectivity index (χ1n) is 7.10. The average molecular weight is 295 g/mol. The van der Waals surface area contributed by atoms with E-state index >= 15 is 0 Å². The third-order valence-corrected chi connectivity index (χ3v) is 3.20. The number of benzene rings is 2. The lowest BCUT2D eigenvalue weighted by Gasteiger charge is -2.09. The first-order valence-corrected chi connectivity index (χ1v) is 7.10. The fourth-order valence-corrected chi connectivity index (χ4v) is 1.98. The number of rotatable bonds is 5. The maximum absolute atomic E-state index is 5.94. The molecular formula is C18H21N3O. The normalized spacial score (nSPS) is 12.7. The number of allylic oxidation sites excluding steroid dienone is 1. The van der Waals surface area contributed by atoms with E-state index in [1.165, 1.54) is 0 Å². The van der Waals surface area contributed by atoms with Crippen LogP contribution in [0, 0.1) is 0 Å². The van der Waals surface area contributed by atoms with E-state index in [2.05, 4.69) is 4.99 Å². The van der Waals surface area contributed by atoms with Gasteiger partial charge in [0.25, 0.3) is 0 Å². The van der Waals surface area contributed by atoms with Crippen LogP contribution >= 0.6 is 0 Å². The van der Waals surface area contributed by atoms with Crippen LogP contribution in [0.4, 0.5) is 0 Å². The van der Waals surface area contributed by atoms with Crippen LogP contribution in [0.1, 0.15) is 25.0 Å². The molecule has 4 nitrogen and oxygen atoms in total. The zero-order chi connectivity index (χ0) is 15.9. The number of ether oxygens (including phenoxy) is 1. The third-order valence-electron chi connectivity index (χ3n) is 3.20. The van der Waals surface area contributed by atoms with Gasteiger partial charge in [0, 0.05) is 0 Å². The Labute approximate surface area is 131 Å². The summed E-state index contributed by atoms with van der Waals surface area (Å²) >= 11 is 0. The summed E-state index contributed by atoms with van der Waals surface area (Å²) in [5.74, 6) is 1.65. The lowest BCUT2D eigenvalue weighted by atomic mass is 10.1. The molecule has 4 N–H and O–H groups in total. The van der Waals surface area contributed by atoms with E-state index in [0.717, 1.165) is 22.4 Å². The molecule has 2 aromatic rings. The van der Waals surface area contributed by atoms with E-state index in [-0.39, 0.29) is 0 Å². The Kier molecular flexibility index (Phi) is 5.20. The van der Waals surface area contributed by atoms with Gasteiger partial charge >= 0.3 is 0 Å². The molecule has 0 saturated carbocycles. The molecule has 22 heavy (non-hydrogen) atoms. The van der Waals surface area contributed by atoms with Gasteiger partial charge in [0.1, 0.15) is 18.2 Å². The quantitative estimate of drug-likeness (QED) is 0.656. The zero-order valence-corrected chi connectivity index (χ0v) is 12.9. The van der Waals surface area contributed by atoms with Crippen molar-refractivity contribution in [2.45, 2.75) is 20.5 Å². The Morgan fingerprint density at radius 1 is 1.00 bits per heavy atom. The molecule has 4 heteroatoms. The van der Waals surface area contributed by atoms with E-state index in [0.29, 0.717) is 18.3 Å². The minimum absolute atomic E-state index is 0.417. The molecule has 0 amide bonds. The van der Waals surface area contributed by atoms with Crippen molar-refractivity contribution >= 4 is 11.4 Å². The highest BCUT2D eigenvalue weighted by atomic mass is 16.5. The maximum Gasteiger partial charge on any atom is 0.128 e. The van der Waals surface area contributed by atoms with E-state index in [9.17, 15) is 0 Å². The summed E-state index contributed by atoms with van der Waals surface area (Å²) < 4.78 is 5.82. The number of nitrogens with zero attached hydrogens (tertiary/aromatic N) is 1. The molecule has 0 aliphatic carbocycles. The van der Waals surface area contributed by atoms with Crippen molar-refractivity contribution < 1.29 is 4.74 Å². The Morgan fingerprint density at radius 2 is 1.73 bits per heavy atom. The second-order valence-electron chi connectivity index (χ2n) is 5.07. The van der Waals surface area contributed by atoms with Crippen molar-refractivity contribution in [1.82, 2.24) is 0 Å². The van der Waals surface area contributed by atoms with Gasteiger partial charge in [-0.1, -0.05) is 42.5 Å². The number of hydrogen-bond donors (Lipinski definition) is 2. The zero-order valence-electron chi connectivity index (χ0n) is 12.9. The largest absolute Gasteiger partial charge is 0.489 e. The number of nitrogens with two attached hydrogens (primary N) is 2. The maximum atomic E-state index is 5.94. The third kappa shape index (κ3) is 4.38. The summed E-state index contributed by atoms with van der Waals surface area (Å²) in [7, 11) is 0. The summed E-state index contributed by atoms with van der Waals surface area (Å²) in [5, 5.41) is 0. The van der Waals surface area contributed by atoms with Crippen LogP contribution in [-0.4, -0.2) is 5.84 Å². The molecule has 2 rings (SSSR count). The van der Waals surface area contributed by atoms with Gasteiger partial charge in [-0.15, -0.1) is 0 Å². The second kappa shape index (κ2) is 7.31. The highest BCUT2D eigenvalue weighted by Gasteiger charge is 2.03. The average Bonchev–Trinajstić information content (AvgIpc) is 2.53. The van der Waals surface area contributed by atoms with E-state index < -0.39 is 0 Å². The van der Waals surface area contributed by atoms with Crippen molar-refractivity contribution in [2.75, 3.05) is 0 Å². The molecule has 0 aromatic heterocycles. The van der Waals surface area contributed by atoms with Gasteiger partial charge in [0.05, 0.1) is 5.84 Å². The lowest BCUT2D eigenvalue weighted by molar-refractivity contribution is 0.306. The molecule has 114 valence electrons. The molecular weight excluding hydrogens is 274 g/mol. The van der Waals surface area contributed by atoms with Crippen molar-refractivity contribution in [2.24, 2.45) is 16.5 Å². The fraction of sp³-hybridized carbons (Fsp3) is 0.167. The summed E-state index contributed by atoms with van der Waals surface area (Å²) in [6.45, 7) is 4.15. The standard InChI is InChI=1S/C18H21N3O/c1-13(18(20)21-14(2)19)16-9-6-10-17(11-16)22-12-15-7-4-3-5-8-15/h3-11H,12,20H2,1-2H3,(H2,19,21)/b18-13+. The molecule has 0 bridgehead atoms. The Hall–Kier alpha value is -2.75. The van der Waals surface area contributed by atoms with E-state index in [4.69, 9.17) is 16.2 Å². The van der Waals surface area contributed by atoms with E-state index in [1.54, 1.807) is 6.92 Å². The van der Waals surface area contributed by atoms with E-state index in [1.807, 2.05) is 61.5 Å². The molecule has 0 aliphatic rings. The van der Waals surface area contributed by atoms with Gasteiger partial charge < -0.3 is 16.2 Å². The number of amidine groups is 1. The minimum Gasteiger partial charge on any atom is -0.489 e. The highest BCUT2D eigenvalue weighted by molar-refractivity contribution is 5.80. The van der Waals surface area contributed by atoms with Crippen LogP contribution in [0.3, 0.4) is 0 Å². The van der Waals surface area contributed by atoms with Crippen molar-refractivity contribution in [3.05, 3.63) is 71.5 Å². The van der Waals surface area contributed by atoms with Gasteiger partial charge in [0.2, 0.25) is 0 Å². The molecule has 0 radical (unpaired) electrons. The minimum atomic E-state index is 0.417. The Morgan fingerprint density at radius 3 is 2.41 bits per heavy atom. The first kappa shape index (κ1) is 15.6. The van der Waals surface area contributed by atoms with Gasteiger partial charge in [-0.2, -0.15) is 0 Å². The van der Waals surface area contributed by atoms with Crippen LogP contribution in [0.25, 0.3) is 5.57 Å². The molecule has 0 aliphatic heterocycles. The molecule has 0 heterocycles. The van der Waals surface area contributed by atoms with Gasteiger partial charge in [0.15, 0.2) is 0 Å².